The predicted octanol–water partition coefficient (Wildman–Crippen LogP) is 3.88. The molecule has 3 nitrogen and oxygen atoms in total. The number of nitrogens with two attached hydrogens (primary N) is 1. The number of aromatic nitrogens is 1. The van der Waals surface area contributed by atoms with Gasteiger partial charge in [0.15, 0.2) is 0 Å². The molecule has 100 valence electrons. The highest BCUT2D eigenvalue weighted by molar-refractivity contribution is 6.43. The molecule has 0 radical (unpaired) electrons. The van der Waals surface area contributed by atoms with E-state index in [4.69, 9.17) is 28.9 Å². The van der Waals surface area contributed by atoms with Crippen LogP contribution in [-0.4, -0.2) is 4.57 Å². The molecule has 0 amide bonds. The summed E-state index contributed by atoms with van der Waals surface area (Å²) in [5.41, 5.74) is 6.26. The van der Waals surface area contributed by atoms with Crippen molar-refractivity contribution in [1.82, 2.24) is 4.57 Å². The third kappa shape index (κ3) is 1.96. The van der Waals surface area contributed by atoms with Gasteiger partial charge in [0.2, 0.25) is 0 Å². The number of hydrogen-bond donors (Lipinski definition) is 1. The van der Waals surface area contributed by atoms with Crippen LogP contribution in [0.5, 0.6) is 0 Å². The Morgan fingerprint density at radius 1 is 1.00 bits per heavy atom. The van der Waals surface area contributed by atoms with Crippen LogP contribution in [0.2, 0.25) is 10.0 Å². The quantitative estimate of drug-likeness (QED) is 0.741. The van der Waals surface area contributed by atoms with E-state index >= 15 is 0 Å². The second-order valence-electron chi connectivity index (χ2n) is 4.37. The molecule has 0 unspecified atom stereocenters. The highest BCUT2D eigenvalue weighted by Crippen LogP contribution is 2.29. The number of pyridine rings is 1. The maximum Gasteiger partial charge on any atom is 0.264 e. The summed E-state index contributed by atoms with van der Waals surface area (Å²) in [6, 6.07) is 14.1. The lowest BCUT2D eigenvalue weighted by molar-refractivity contribution is 1.02. The van der Waals surface area contributed by atoms with Crippen molar-refractivity contribution < 1.29 is 0 Å². The summed E-state index contributed by atoms with van der Waals surface area (Å²) in [5, 5.41) is 2.06. The predicted molar refractivity (Wildman–Crippen MR) is 84.0 cm³/mol. The van der Waals surface area contributed by atoms with Crippen molar-refractivity contribution in [2.24, 2.45) is 0 Å². The Balaban J connectivity index is 2.43. The van der Waals surface area contributed by atoms with Gasteiger partial charge >= 0.3 is 0 Å². The van der Waals surface area contributed by atoms with E-state index in [0.29, 0.717) is 26.9 Å². The molecule has 2 aromatic carbocycles. The van der Waals surface area contributed by atoms with E-state index in [9.17, 15) is 4.79 Å². The molecule has 0 aliphatic heterocycles. The maximum absolute atomic E-state index is 12.6. The third-order valence-corrected chi connectivity index (χ3v) is 3.94. The van der Waals surface area contributed by atoms with Crippen molar-refractivity contribution in [3.8, 4) is 5.69 Å². The average Bonchev–Trinajstić information content (AvgIpc) is 2.43. The molecule has 3 rings (SSSR count). The molecular weight excluding hydrogens is 295 g/mol. The van der Waals surface area contributed by atoms with E-state index in [1.165, 1.54) is 4.57 Å². The molecule has 0 spiro atoms. The SMILES string of the molecule is Nc1cc2ccccc2c(=O)n1-c1cccc(Cl)c1Cl. The summed E-state index contributed by atoms with van der Waals surface area (Å²) in [4.78, 5) is 12.6. The Morgan fingerprint density at radius 3 is 2.55 bits per heavy atom. The summed E-state index contributed by atoms with van der Waals surface area (Å²) < 4.78 is 1.37. The van der Waals surface area contributed by atoms with Crippen LogP contribution in [0.25, 0.3) is 16.5 Å². The van der Waals surface area contributed by atoms with Crippen LogP contribution in [0.15, 0.2) is 53.3 Å². The van der Waals surface area contributed by atoms with Crippen molar-refractivity contribution >= 4 is 39.8 Å². The van der Waals surface area contributed by atoms with E-state index in [1.807, 2.05) is 18.2 Å². The van der Waals surface area contributed by atoms with Gasteiger partial charge in [-0.05, 0) is 29.7 Å². The molecule has 0 atom stereocenters. The molecule has 0 fully saturated rings. The number of nitrogens with zero attached hydrogens (tertiary/aromatic N) is 1. The molecule has 0 saturated carbocycles. The molecule has 0 bridgehead atoms. The van der Waals surface area contributed by atoms with Gasteiger partial charge in [-0.2, -0.15) is 0 Å². The molecule has 0 saturated heterocycles. The average molecular weight is 305 g/mol. The number of benzene rings is 2. The van der Waals surface area contributed by atoms with Gasteiger partial charge in [0.1, 0.15) is 5.82 Å². The van der Waals surface area contributed by atoms with Gasteiger partial charge in [0, 0.05) is 5.39 Å². The first-order valence-corrected chi connectivity index (χ1v) is 6.70. The number of halogens is 2. The summed E-state index contributed by atoms with van der Waals surface area (Å²) in [5.74, 6) is 0.317. The van der Waals surface area contributed by atoms with Crippen LogP contribution in [0.3, 0.4) is 0 Å². The topological polar surface area (TPSA) is 48.0 Å². The zero-order chi connectivity index (χ0) is 14.3. The Bertz CT molecular complexity index is 871. The Hall–Kier alpha value is -1.97. The largest absolute Gasteiger partial charge is 0.385 e. The normalized spacial score (nSPS) is 10.9. The van der Waals surface area contributed by atoms with E-state index in [-0.39, 0.29) is 5.56 Å². The minimum atomic E-state index is -0.218. The standard InChI is InChI=1S/C15H10Cl2N2O/c16-11-6-3-7-12(14(11)17)19-13(18)8-9-4-1-2-5-10(9)15(19)20/h1-8H,18H2. The van der Waals surface area contributed by atoms with Gasteiger partial charge < -0.3 is 5.73 Å². The summed E-state index contributed by atoms with van der Waals surface area (Å²) in [6.07, 6.45) is 0. The first-order valence-electron chi connectivity index (χ1n) is 5.94. The van der Waals surface area contributed by atoms with Crippen LogP contribution in [0, 0.1) is 0 Å². The molecule has 0 aliphatic carbocycles. The lowest BCUT2D eigenvalue weighted by atomic mass is 10.1. The minimum absolute atomic E-state index is 0.218. The van der Waals surface area contributed by atoms with Crippen LogP contribution in [0.4, 0.5) is 5.82 Å². The summed E-state index contributed by atoms with van der Waals surface area (Å²) >= 11 is 12.2. The summed E-state index contributed by atoms with van der Waals surface area (Å²) in [7, 11) is 0. The fourth-order valence-electron chi connectivity index (χ4n) is 2.19. The van der Waals surface area contributed by atoms with Crippen LogP contribution in [-0.2, 0) is 0 Å². The lowest BCUT2D eigenvalue weighted by Gasteiger charge is -2.13. The van der Waals surface area contributed by atoms with Gasteiger partial charge in [-0.25, -0.2) is 0 Å². The monoisotopic (exact) mass is 304 g/mol. The van der Waals surface area contributed by atoms with E-state index in [2.05, 4.69) is 0 Å². The van der Waals surface area contributed by atoms with Crippen LogP contribution < -0.4 is 11.3 Å². The fourth-order valence-corrected chi connectivity index (χ4v) is 2.57. The smallest absolute Gasteiger partial charge is 0.264 e. The van der Waals surface area contributed by atoms with Crippen molar-refractivity contribution in [3.63, 3.8) is 0 Å². The molecule has 3 aromatic rings. The van der Waals surface area contributed by atoms with E-state index < -0.39 is 0 Å². The van der Waals surface area contributed by atoms with E-state index in [0.717, 1.165) is 5.39 Å². The molecule has 0 aliphatic rings. The first-order chi connectivity index (χ1) is 9.59. The molecule has 5 heteroatoms. The van der Waals surface area contributed by atoms with Crippen molar-refractivity contribution in [2.75, 3.05) is 5.73 Å². The van der Waals surface area contributed by atoms with Gasteiger partial charge in [0.05, 0.1) is 15.7 Å². The number of fused-ring (bicyclic) bond motifs is 1. The molecule has 1 aromatic heterocycles. The molecule has 20 heavy (non-hydrogen) atoms. The molecular formula is C15H10Cl2N2O. The molecule has 2 N–H and O–H groups in total. The second-order valence-corrected chi connectivity index (χ2v) is 5.16. The second kappa shape index (κ2) is 4.85. The Kier molecular flexibility index (Phi) is 3.16. The van der Waals surface area contributed by atoms with Gasteiger partial charge in [-0.15, -0.1) is 0 Å². The third-order valence-electron chi connectivity index (χ3n) is 3.13. The number of anilines is 1. The highest BCUT2D eigenvalue weighted by atomic mass is 35.5. The van der Waals surface area contributed by atoms with Gasteiger partial charge in [0.25, 0.3) is 5.56 Å². The minimum Gasteiger partial charge on any atom is -0.385 e. The zero-order valence-electron chi connectivity index (χ0n) is 10.3. The van der Waals surface area contributed by atoms with Crippen molar-refractivity contribution in [2.45, 2.75) is 0 Å². The zero-order valence-corrected chi connectivity index (χ0v) is 11.8. The maximum atomic E-state index is 12.6. The number of rotatable bonds is 1. The van der Waals surface area contributed by atoms with Crippen LogP contribution >= 0.6 is 23.2 Å². The summed E-state index contributed by atoms with van der Waals surface area (Å²) in [6.45, 7) is 0. The molecule has 1 heterocycles. The van der Waals surface area contributed by atoms with Crippen molar-refractivity contribution in [1.29, 1.82) is 0 Å². The fraction of sp³-hybridized carbons (Fsp3) is 0. The van der Waals surface area contributed by atoms with E-state index in [1.54, 1.807) is 30.3 Å². The van der Waals surface area contributed by atoms with Crippen LogP contribution in [0.1, 0.15) is 0 Å². The number of hydrogen-bond acceptors (Lipinski definition) is 2. The van der Waals surface area contributed by atoms with Gasteiger partial charge in [-0.1, -0.05) is 47.5 Å². The van der Waals surface area contributed by atoms with Gasteiger partial charge in [-0.3, -0.25) is 9.36 Å². The lowest BCUT2D eigenvalue weighted by Crippen LogP contribution is -2.21. The first kappa shape index (κ1) is 13.0. The Labute approximate surface area is 125 Å². The Morgan fingerprint density at radius 2 is 1.75 bits per heavy atom. The number of nitrogen functional groups attached to an aromatic ring is 1. The van der Waals surface area contributed by atoms with Crippen molar-refractivity contribution in [3.05, 3.63) is 68.9 Å². The highest BCUT2D eigenvalue weighted by Gasteiger charge is 2.13.